The highest BCUT2D eigenvalue weighted by molar-refractivity contribution is 5.91. The maximum atomic E-state index is 13.6. The van der Waals surface area contributed by atoms with E-state index in [4.69, 9.17) is 9.47 Å². The van der Waals surface area contributed by atoms with Crippen molar-refractivity contribution in [3.8, 4) is 5.75 Å². The summed E-state index contributed by atoms with van der Waals surface area (Å²) in [5.74, 6) is 1.47. The minimum Gasteiger partial charge on any atom is -0.497 e. The molecule has 1 heterocycles. The summed E-state index contributed by atoms with van der Waals surface area (Å²) < 4.78 is 10.8. The largest absolute Gasteiger partial charge is 0.497 e. The molecule has 1 fully saturated rings. The summed E-state index contributed by atoms with van der Waals surface area (Å²) in [6, 6.07) is 14.3. The Bertz CT molecular complexity index is 879. The molecule has 1 aliphatic heterocycles. The van der Waals surface area contributed by atoms with Gasteiger partial charge in [-0.15, -0.1) is 0 Å². The SMILES string of the molecule is COc1ccc(CN(CCCN2CCOCC2)C(=O)Nc2c(C(C)C)cccc2C(C)C)cc1. The van der Waals surface area contributed by atoms with Gasteiger partial charge in [-0.1, -0.05) is 58.0 Å². The standard InChI is InChI=1S/C28H41N3O3/c1-21(2)25-8-6-9-26(22(3)4)27(25)29-28(32)31(15-7-14-30-16-18-34-19-17-30)20-23-10-12-24(33-5)13-11-23/h6,8-13,21-22H,7,14-20H2,1-5H3,(H,29,32). The van der Waals surface area contributed by atoms with Crippen molar-refractivity contribution in [1.82, 2.24) is 9.80 Å². The average Bonchev–Trinajstić information content (AvgIpc) is 2.84. The fraction of sp³-hybridized carbons (Fsp3) is 0.536. The molecule has 1 saturated heterocycles. The fourth-order valence-corrected chi connectivity index (χ4v) is 4.40. The molecule has 2 amide bonds. The van der Waals surface area contributed by atoms with Crippen LogP contribution in [0.15, 0.2) is 42.5 Å². The number of hydrogen-bond acceptors (Lipinski definition) is 4. The topological polar surface area (TPSA) is 54.0 Å². The molecule has 1 N–H and O–H groups in total. The van der Waals surface area contributed by atoms with E-state index in [1.165, 1.54) is 11.1 Å². The number of amides is 2. The molecule has 0 bridgehead atoms. The monoisotopic (exact) mass is 467 g/mol. The third kappa shape index (κ3) is 7.21. The number of methoxy groups -OCH3 is 1. The molecule has 0 spiro atoms. The van der Waals surface area contributed by atoms with E-state index >= 15 is 0 Å². The first-order valence-electron chi connectivity index (χ1n) is 12.5. The lowest BCUT2D eigenvalue weighted by Gasteiger charge is -2.29. The van der Waals surface area contributed by atoms with Crippen molar-refractivity contribution in [1.29, 1.82) is 0 Å². The minimum absolute atomic E-state index is 0.0483. The molecule has 0 aliphatic carbocycles. The van der Waals surface area contributed by atoms with Crippen molar-refractivity contribution in [3.05, 3.63) is 59.2 Å². The summed E-state index contributed by atoms with van der Waals surface area (Å²) >= 11 is 0. The Balaban J connectivity index is 1.77. The molecule has 3 rings (SSSR count). The predicted octanol–water partition coefficient (Wildman–Crippen LogP) is 5.70. The van der Waals surface area contributed by atoms with Crippen molar-refractivity contribution in [2.75, 3.05) is 51.8 Å². The van der Waals surface area contributed by atoms with Crippen molar-refractivity contribution in [2.45, 2.75) is 52.5 Å². The molecule has 0 aromatic heterocycles. The summed E-state index contributed by atoms with van der Waals surface area (Å²) in [6.45, 7) is 14.4. The van der Waals surface area contributed by atoms with Gasteiger partial charge in [0.1, 0.15) is 5.75 Å². The number of nitrogens with zero attached hydrogens (tertiary/aromatic N) is 2. The van der Waals surface area contributed by atoms with E-state index in [9.17, 15) is 4.79 Å². The van der Waals surface area contributed by atoms with E-state index in [1.807, 2.05) is 29.2 Å². The van der Waals surface area contributed by atoms with Gasteiger partial charge in [-0.2, -0.15) is 0 Å². The van der Waals surface area contributed by atoms with Gasteiger partial charge in [0.05, 0.1) is 20.3 Å². The zero-order chi connectivity index (χ0) is 24.5. The lowest BCUT2D eigenvalue weighted by atomic mass is 9.93. The highest BCUT2D eigenvalue weighted by atomic mass is 16.5. The number of carbonyl (C=O) groups is 1. The van der Waals surface area contributed by atoms with Crippen LogP contribution in [0.4, 0.5) is 10.5 Å². The van der Waals surface area contributed by atoms with Gasteiger partial charge in [0.2, 0.25) is 0 Å². The van der Waals surface area contributed by atoms with E-state index in [0.717, 1.165) is 56.3 Å². The number of para-hydroxylation sites is 1. The zero-order valence-electron chi connectivity index (χ0n) is 21.5. The van der Waals surface area contributed by atoms with Gasteiger partial charge in [0.15, 0.2) is 0 Å². The summed E-state index contributed by atoms with van der Waals surface area (Å²) in [5.41, 5.74) is 4.41. The molecule has 2 aromatic rings. The second-order valence-corrected chi connectivity index (χ2v) is 9.63. The van der Waals surface area contributed by atoms with Crippen LogP contribution in [0.3, 0.4) is 0 Å². The average molecular weight is 468 g/mol. The molecule has 0 atom stereocenters. The van der Waals surface area contributed by atoms with Crippen LogP contribution in [-0.2, 0) is 11.3 Å². The molecule has 0 radical (unpaired) electrons. The third-order valence-electron chi connectivity index (χ3n) is 6.43. The van der Waals surface area contributed by atoms with Crippen LogP contribution >= 0.6 is 0 Å². The molecule has 186 valence electrons. The van der Waals surface area contributed by atoms with Crippen LogP contribution in [-0.4, -0.2) is 62.3 Å². The lowest BCUT2D eigenvalue weighted by Crippen LogP contribution is -2.40. The van der Waals surface area contributed by atoms with Gasteiger partial charge < -0.3 is 19.7 Å². The van der Waals surface area contributed by atoms with Crippen molar-refractivity contribution in [2.24, 2.45) is 0 Å². The van der Waals surface area contributed by atoms with Gasteiger partial charge in [0.25, 0.3) is 0 Å². The van der Waals surface area contributed by atoms with Crippen LogP contribution in [0, 0.1) is 0 Å². The first-order valence-corrected chi connectivity index (χ1v) is 12.5. The number of urea groups is 1. The van der Waals surface area contributed by atoms with E-state index < -0.39 is 0 Å². The smallest absolute Gasteiger partial charge is 0.322 e. The molecular formula is C28H41N3O3. The van der Waals surface area contributed by atoms with E-state index in [-0.39, 0.29) is 6.03 Å². The van der Waals surface area contributed by atoms with Crippen LogP contribution in [0.1, 0.15) is 62.6 Å². The molecule has 6 heteroatoms. The zero-order valence-corrected chi connectivity index (χ0v) is 21.5. The number of morpholine rings is 1. The van der Waals surface area contributed by atoms with E-state index in [2.05, 4.69) is 56.1 Å². The normalized spacial score (nSPS) is 14.4. The highest BCUT2D eigenvalue weighted by Gasteiger charge is 2.20. The third-order valence-corrected chi connectivity index (χ3v) is 6.43. The second kappa shape index (κ2) is 12.8. The molecule has 2 aromatic carbocycles. The Hall–Kier alpha value is -2.57. The maximum Gasteiger partial charge on any atom is 0.322 e. The number of nitrogens with one attached hydrogen (secondary N) is 1. The maximum absolute atomic E-state index is 13.6. The molecule has 0 unspecified atom stereocenters. The van der Waals surface area contributed by atoms with Crippen molar-refractivity contribution >= 4 is 11.7 Å². The molecule has 0 saturated carbocycles. The quantitative estimate of drug-likeness (QED) is 0.487. The highest BCUT2D eigenvalue weighted by Crippen LogP contribution is 2.32. The Morgan fingerprint density at radius 3 is 2.21 bits per heavy atom. The number of hydrogen-bond donors (Lipinski definition) is 1. The van der Waals surface area contributed by atoms with Crippen LogP contribution in [0.25, 0.3) is 0 Å². The van der Waals surface area contributed by atoms with Crippen molar-refractivity contribution in [3.63, 3.8) is 0 Å². The van der Waals surface area contributed by atoms with Crippen LogP contribution in [0.5, 0.6) is 5.75 Å². The molecule has 6 nitrogen and oxygen atoms in total. The Kier molecular flexibility index (Phi) is 9.78. The van der Waals surface area contributed by atoms with E-state index in [1.54, 1.807) is 7.11 Å². The molecule has 34 heavy (non-hydrogen) atoms. The van der Waals surface area contributed by atoms with Crippen molar-refractivity contribution < 1.29 is 14.3 Å². The molecular weight excluding hydrogens is 426 g/mol. The molecule has 1 aliphatic rings. The number of benzene rings is 2. The summed E-state index contributed by atoms with van der Waals surface area (Å²) in [5, 5.41) is 3.30. The second-order valence-electron chi connectivity index (χ2n) is 9.63. The fourth-order valence-electron chi connectivity index (χ4n) is 4.40. The van der Waals surface area contributed by atoms with Gasteiger partial charge in [-0.05, 0) is 47.1 Å². The van der Waals surface area contributed by atoms with Gasteiger partial charge in [0, 0.05) is 38.4 Å². The Morgan fingerprint density at radius 2 is 1.65 bits per heavy atom. The Morgan fingerprint density at radius 1 is 1.03 bits per heavy atom. The summed E-state index contributed by atoms with van der Waals surface area (Å²) in [6.07, 6.45) is 0.923. The predicted molar refractivity (Wildman–Crippen MR) is 139 cm³/mol. The van der Waals surface area contributed by atoms with Gasteiger partial charge >= 0.3 is 6.03 Å². The van der Waals surface area contributed by atoms with Gasteiger partial charge in [-0.3, -0.25) is 4.90 Å². The first kappa shape index (κ1) is 26.0. The van der Waals surface area contributed by atoms with Crippen LogP contribution in [0.2, 0.25) is 0 Å². The number of rotatable bonds is 10. The minimum atomic E-state index is -0.0483. The summed E-state index contributed by atoms with van der Waals surface area (Å²) in [7, 11) is 1.67. The van der Waals surface area contributed by atoms with Gasteiger partial charge in [-0.25, -0.2) is 4.79 Å². The number of anilines is 1. The number of carbonyl (C=O) groups excluding carboxylic acids is 1. The first-order chi connectivity index (χ1) is 16.4. The van der Waals surface area contributed by atoms with Crippen LogP contribution < -0.4 is 10.1 Å². The number of ether oxygens (including phenoxy) is 2. The Labute approximate surface area is 205 Å². The summed E-state index contributed by atoms with van der Waals surface area (Å²) in [4.78, 5) is 18.0. The lowest BCUT2D eigenvalue weighted by molar-refractivity contribution is 0.0365. The van der Waals surface area contributed by atoms with E-state index in [0.29, 0.717) is 24.9 Å².